The van der Waals surface area contributed by atoms with Gasteiger partial charge in [0.15, 0.2) is 0 Å². The van der Waals surface area contributed by atoms with Gasteiger partial charge in [0.05, 0.1) is 12.8 Å². The second kappa shape index (κ2) is 8.31. The molecule has 1 aromatic heterocycles. The van der Waals surface area contributed by atoms with E-state index >= 15 is 0 Å². The molecule has 2 aromatic carbocycles. The van der Waals surface area contributed by atoms with E-state index in [2.05, 4.69) is 21.6 Å². The van der Waals surface area contributed by atoms with Crippen LogP contribution in [0.25, 0.3) is 11.3 Å². The first-order valence-corrected chi connectivity index (χ1v) is 9.81. The Morgan fingerprint density at radius 2 is 2.00 bits per heavy atom. The second-order valence-electron chi connectivity index (χ2n) is 7.03. The lowest BCUT2D eigenvalue weighted by Crippen LogP contribution is -2.35. The fourth-order valence-corrected chi connectivity index (χ4v) is 3.59. The molecule has 6 nitrogen and oxygen atoms in total. The van der Waals surface area contributed by atoms with Gasteiger partial charge in [-0.15, -0.1) is 10.2 Å². The average Bonchev–Trinajstić information content (AvgIpc) is 2.78. The molecule has 0 aliphatic carbocycles. The zero-order valence-electron chi connectivity index (χ0n) is 16.7. The van der Waals surface area contributed by atoms with Crippen molar-refractivity contribution in [1.29, 1.82) is 0 Å². The molecule has 0 saturated heterocycles. The molecule has 148 valence electrons. The number of nitrogens with zero attached hydrogens (tertiary/aromatic N) is 3. The van der Waals surface area contributed by atoms with Crippen molar-refractivity contribution in [3.63, 3.8) is 0 Å². The van der Waals surface area contributed by atoms with Crippen LogP contribution in [0.3, 0.4) is 0 Å². The number of rotatable bonds is 5. The van der Waals surface area contributed by atoms with Gasteiger partial charge in [-0.05, 0) is 60.9 Å². The highest BCUT2D eigenvalue weighted by molar-refractivity contribution is 5.95. The number of anilines is 1. The molecular weight excluding hydrogens is 364 g/mol. The summed E-state index contributed by atoms with van der Waals surface area (Å²) in [7, 11) is 1.67. The summed E-state index contributed by atoms with van der Waals surface area (Å²) in [5.41, 5.74) is 4.72. The number of hydrogen-bond acceptors (Lipinski definition) is 5. The number of fused-ring (bicyclic) bond motifs is 1. The van der Waals surface area contributed by atoms with Crippen molar-refractivity contribution < 1.29 is 9.53 Å². The first kappa shape index (κ1) is 18.9. The van der Waals surface area contributed by atoms with E-state index in [0.717, 1.165) is 35.8 Å². The topological polar surface area (TPSA) is 67.4 Å². The molecule has 0 unspecified atom stereocenters. The Balaban J connectivity index is 1.52. The van der Waals surface area contributed by atoms with Gasteiger partial charge in [0, 0.05) is 30.8 Å². The van der Waals surface area contributed by atoms with Gasteiger partial charge in [-0.25, -0.2) is 0 Å². The SMILES string of the molecule is CCNc1ccc(-c2cccc(C(=O)N3CCc4cc(OC)ccc4C3)c2)nn1. The van der Waals surface area contributed by atoms with Crippen LogP contribution in [0.15, 0.2) is 54.6 Å². The van der Waals surface area contributed by atoms with E-state index in [9.17, 15) is 4.79 Å². The Bertz CT molecular complexity index is 1020. The number of carbonyl (C=O) groups is 1. The van der Waals surface area contributed by atoms with Crippen LogP contribution >= 0.6 is 0 Å². The maximum atomic E-state index is 13.1. The summed E-state index contributed by atoms with van der Waals surface area (Å²) in [4.78, 5) is 15.0. The minimum absolute atomic E-state index is 0.0329. The van der Waals surface area contributed by atoms with Crippen molar-refractivity contribution in [2.45, 2.75) is 19.9 Å². The summed E-state index contributed by atoms with van der Waals surface area (Å²) in [6.45, 7) is 4.11. The van der Waals surface area contributed by atoms with Crippen LogP contribution in [0.5, 0.6) is 5.75 Å². The molecule has 2 heterocycles. The molecule has 1 aliphatic heterocycles. The highest BCUT2D eigenvalue weighted by Crippen LogP contribution is 2.26. The van der Waals surface area contributed by atoms with Crippen molar-refractivity contribution >= 4 is 11.7 Å². The summed E-state index contributed by atoms with van der Waals surface area (Å²) in [5.74, 6) is 1.63. The first-order valence-electron chi connectivity index (χ1n) is 9.81. The Hall–Kier alpha value is -3.41. The van der Waals surface area contributed by atoms with Crippen molar-refractivity contribution in [2.24, 2.45) is 0 Å². The van der Waals surface area contributed by atoms with Crippen LogP contribution in [0.4, 0.5) is 5.82 Å². The van der Waals surface area contributed by atoms with E-state index < -0.39 is 0 Å². The normalized spacial score (nSPS) is 13.0. The lowest BCUT2D eigenvalue weighted by molar-refractivity contribution is 0.0734. The lowest BCUT2D eigenvalue weighted by atomic mass is 9.98. The largest absolute Gasteiger partial charge is 0.497 e. The van der Waals surface area contributed by atoms with E-state index in [1.165, 1.54) is 11.1 Å². The standard InChI is InChI=1S/C23H24N4O2/c1-3-24-22-10-9-21(25-26-22)17-5-4-6-18(13-17)23(28)27-12-11-16-14-20(29-2)8-7-19(16)15-27/h4-10,13-14H,3,11-12,15H2,1-2H3,(H,24,26). The number of carbonyl (C=O) groups excluding carboxylic acids is 1. The quantitative estimate of drug-likeness (QED) is 0.720. The molecule has 29 heavy (non-hydrogen) atoms. The Morgan fingerprint density at radius 3 is 2.76 bits per heavy atom. The molecule has 1 aliphatic rings. The number of benzene rings is 2. The summed E-state index contributed by atoms with van der Waals surface area (Å²) >= 11 is 0. The molecule has 4 rings (SSSR count). The van der Waals surface area contributed by atoms with Crippen LogP contribution in [-0.2, 0) is 13.0 Å². The van der Waals surface area contributed by atoms with Crippen LogP contribution in [0.1, 0.15) is 28.4 Å². The predicted molar refractivity (Wildman–Crippen MR) is 113 cm³/mol. The van der Waals surface area contributed by atoms with Crippen LogP contribution in [0, 0.1) is 0 Å². The van der Waals surface area contributed by atoms with Gasteiger partial charge in [-0.3, -0.25) is 4.79 Å². The van der Waals surface area contributed by atoms with E-state index in [4.69, 9.17) is 4.74 Å². The molecule has 1 amide bonds. The van der Waals surface area contributed by atoms with Gasteiger partial charge < -0.3 is 15.0 Å². The highest BCUT2D eigenvalue weighted by Gasteiger charge is 2.22. The van der Waals surface area contributed by atoms with Gasteiger partial charge in [0.1, 0.15) is 11.6 Å². The van der Waals surface area contributed by atoms with Crippen molar-refractivity contribution in [2.75, 3.05) is 25.5 Å². The van der Waals surface area contributed by atoms with E-state index in [1.807, 2.05) is 60.4 Å². The summed E-state index contributed by atoms with van der Waals surface area (Å²) < 4.78 is 5.30. The number of methoxy groups -OCH3 is 1. The smallest absolute Gasteiger partial charge is 0.254 e. The maximum Gasteiger partial charge on any atom is 0.254 e. The Kier molecular flexibility index (Phi) is 5.42. The number of amides is 1. The fourth-order valence-electron chi connectivity index (χ4n) is 3.59. The first-order chi connectivity index (χ1) is 14.2. The number of ether oxygens (including phenoxy) is 1. The minimum Gasteiger partial charge on any atom is -0.497 e. The molecule has 0 atom stereocenters. The van der Waals surface area contributed by atoms with Gasteiger partial charge in [0.2, 0.25) is 0 Å². The summed E-state index contributed by atoms with van der Waals surface area (Å²) in [5, 5.41) is 11.6. The van der Waals surface area contributed by atoms with E-state index in [1.54, 1.807) is 7.11 Å². The maximum absolute atomic E-state index is 13.1. The Morgan fingerprint density at radius 1 is 1.10 bits per heavy atom. The molecule has 0 radical (unpaired) electrons. The molecule has 0 saturated carbocycles. The molecule has 0 bridgehead atoms. The molecule has 1 N–H and O–H groups in total. The molecule has 0 spiro atoms. The fraction of sp³-hybridized carbons (Fsp3) is 0.261. The third kappa shape index (κ3) is 4.06. The molecule has 0 fully saturated rings. The zero-order valence-corrected chi connectivity index (χ0v) is 16.7. The number of aromatic nitrogens is 2. The molecular formula is C23H24N4O2. The van der Waals surface area contributed by atoms with Crippen LogP contribution in [0.2, 0.25) is 0 Å². The van der Waals surface area contributed by atoms with E-state index in [0.29, 0.717) is 18.7 Å². The minimum atomic E-state index is 0.0329. The average molecular weight is 388 g/mol. The van der Waals surface area contributed by atoms with Gasteiger partial charge >= 0.3 is 0 Å². The van der Waals surface area contributed by atoms with Gasteiger partial charge in [-0.2, -0.15) is 0 Å². The molecule has 6 heteroatoms. The number of hydrogen-bond donors (Lipinski definition) is 1. The van der Waals surface area contributed by atoms with E-state index in [-0.39, 0.29) is 5.91 Å². The van der Waals surface area contributed by atoms with Gasteiger partial charge in [0.25, 0.3) is 5.91 Å². The van der Waals surface area contributed by atoms with Crippen LogP contribution < -0.4 is 10.1 Å². The van der Waals surface area contributed by atoms with Crippen molar-refractivity contribution in [3.8, 4) is 17.0 Å². The van der Waals surface area contributed by atoms with Crippen molar-refractivity contribution in [1.82, 2.24) is 15.1 Å². The van der Waals surface area contributed by atoms with Gasteiger partial charge in [-0.1, -0.05) is 18.2 Å². The van der Waals surface area contributed by atoms with Crippen LogP contribution in [-0.4, -0.2) is 41.2 Å². The zero-order chi connectivity index (χ0) is 20.2. The summed E-state index contributed by atoms with van der Waals surface area (Å²) in [6.07, 6.45) is 0.829. The third-order valence-corrected chi connectivity index (χ3v) is 5.14. The Labute approximate surface area is 170 Å². The molecule has 3 aromatic rings. The highest BCUT2D eigenvalue weighted by atomic mass is 16.5. The third-order valence-electron chi connectivity index (χ3n) is 5.14. The lowest BCUT2D eigenvalue weighted by Gasteiger charge is -2.29. The predicted octanol–water partition coefficient (Wildman–Crippen LogP) is 3.78. The number of nitrogens with one attached hydrogen (secondary N) is 1. The monoisotopic (exact) mass is 388 g/mol. The van der Waals surface area contributed by atoms with Crippen molar-refractivity contribution in [3.05, 3.63) is 71.3 Å². The summed E-state index contributed by atoms with van der Waals surface area (Å²) in [6, 6.07) is 17.5. The second-order valence-corrected chi connectivity index (χ2v) is 7.03.